The van der Waals surface area contributed by atoms with E-state index in [9.17, 15) is 13.2 Å². The molecule has 1 saturated heterocycles. The summed E-state index contributed by atoms with van der Waals surface area (Å²) in [6.45, 7) is 2.30. The molecule has 0 saturated carbocycles. The van der Waals surface area contributed by atoms with Gasteiger partial charge in [-0.3, -0.25) is 4.79 Å². The van der Waals surface area contributed by atoms with Crippen molar-refractivity contribution in [1.29, 1.82) is 0 Å². The summed E-state index contributed by atoms with van der Waals surface area (Å²) in [5.74, 6) is 0.260. The maximum atomic E-state index is 12.7. The molecule has 1 N–H and O–H groups in total. The molecule has 25 heavy (non-hydrogen) atoms. The smallest absolute Gasteiger partial charge is 0.243 e. The minimum absolute atomic E-state index is 0.0270. The molecule has 1 amide bonds. The zero-order chi connectivity index (χ0) is 18.1. The Bertz CT molecular complexity index is 634. The van der Waals surface area contributed by atoms with Crippen LogP contribution in [0.4, 0.5) is 0 Å². The summed E-state index contributed by atoms with van der Waals surface area (Å²) in [5, 5.41) is 2.87. The molecule has 0 bridgehead atoms. The van der Waals surface area contributed by atoms with E-state index in [-0.39, 0.29) is 11.8 Å². The number of methoxy groups -OCH3 is 1. The fourth-order valence-corrected chi connectivity index (χ4v) is 4.67. The molecule has 1 heterocycles. The lowest BCUT2D eigenvalue weighted by Gasteiger charge is -2.31. The molecule has 0 radical (unpaired) electrons. The van der Waals surface area contributed by atoms with E-state index in [0.717, 1.165) is 25.7 Å². The minimum atomic E-state index is -3.44. The molecule has 140 valence electrons. The molecule has 1 unspecified atom stereocenters. The van der Waals surface area contributed by atoms with E-state index in [2.05, 4.69) is 5.32 Å². The average molecular weight is 368 g/mol. The molecule has 1 aliphatic heterocycles. The summed E-state index contributed by atoms with van der Waals surface area (Å²) in [6.07, 6.45) is 3.77. The van der Waals surface area contributed by atoms with Crippen LogP contribution < -0.4 is 5.32 Å². The molecule has 7 heteroatoms. The van der Waals surface area contributed by atoms with Crippen LogP contribution in [-0.4, -0.2) is 52.0 Å². The monoisotopic (exact) mass is 368 g/mol. The van der Waals surface area contributed by atoms with Crippen LogP contribution >= 0.6 is 0 Å². The number of benzene rings is 1. The third-order valence-electron chi connectivity index (χ3n) is 4.49. The van der Waals surface area contributed by atoms with Crippen LogP contribution in [0, 0.1) is 5.92 Å². The Labute approximate surface area is 150 Å². The van der Waals surface area contributed by atoms with Gasteiger partial charge in [0.1, 0.15) is 0 Å². The van der Waals surface area contributed by atoms with Gasteiger partial charge in [0.25, 0.3) is 0 Å². The molecular formula is C18H28N2O4S. The van der Waals surface area contributed by atoms with Crippen molar-refractivity contribution in [3.8, 4) is 0 Å². The molecule has 0 spiro atoms. The highest BCUT2D eigenvalue weighted by atomic mass is 32.2. The average Bonchev–Trinajstić information content (AvgIpc) is 2.64. The first-order chi connectivity index (χ1) is 12.0. The van der Waals surface area contributed by atoms with E-state index in [0.29, 0.717) is 37.6 Å². The number of carbonyl (C=O) groups is 1. The second kappa shape index (κ2) is 9.89. The number of ether oxygens (including phenoxy) is 1. The zero-order valence-electron chi connectivity index (χ0n) is 14.8. The summed E-state index contributed by atoms with van der Waals surface area (Å²) in [7, 11) is -1.80. The van der Waals surface area contributed by atoms with Crippen LogP contribution in [0.3, 0.4) is 0 Å². The summed E-state index contributed by atoms with van der Waals surface area (Å²) < 4.78 is 31.9. The normalized spacial score (nSPS) is 18.8. The van der Waals surface area contributed by atoms with Gasteiger partial charge in [0.15, 0.2) is 0 Å². The molecule has 1 atom stereocenters. The summed E-state index contributed by atoms with van der Waals surface area (Å²) in [4.78, 5) is 12.2. The largest absolute Gasteiger partial charge is 0.385 e. The van der Waals surface area contributed by atoms with Gasteiger partial charge < -0.3 is 10.1 Å². The lowest BCUT2D eigenvalue weighted by molar-refractivity contribution is -0.121. The van der Waals surface area contributed by atoms with Crippen molar-refractivity contribution in [3.63, 3.8) is 0 Å². The van der Waals surface area contributed by atoms with Crippen LogP contribution in [0.5, 0.6) is 0 Å². The highest BCUT2D eigenvalue weighted by molar-refractivity contribution is 7.89. The Hall–Kier alpha value is -1.44. The second-order valence-electron chi connectivity index (χ2n) is 6.42. The van der Waals surface area contributed by atoms with Crippen LogP contribution in [0.2, 0.25) is 0 Å². The van der Waals surface area contributed by atoms with E-state index >= 15 is 0 Å². The molecular weight excluding hydrogens is 340 g/mol. The van der Waals surface area contributed by atoms with Gasteiger partial charge in [-0.05, 0) is 43.7 Å². The number of sulfonamides is 1. The van der Waals surface area contributed by atoms with Crippen molar-refractivity contribution in [1.82, 2.24) is 9.62 Å². The van der Waals surface area contributed by atoms with Gasteiger partial charge in [-0.15, -0.1) is 0 Å². The minimum Gasteiger partial charge on any atom is -0.385 e. The van der Waals surface area contributed by atoms with Crippen molar-refractivity contribution in [2.75, 3.05) is 33.4 Å². The first-order valence-electron chi connectivity index (χ1n) is 8.85. The maximum absolute atomic E-state index is 12.7. The number of rotatable bonds is 9. The lowest BCUT2D eigenvalue weighted by atomic mass is 9.94. The fourth-order valence-electron chi connectivity index (χ4n) is 3.09. The van der Waals surface area contributed by atoms with Crippen molar-refractivity contribution >= 4 is 15.9 Å². The Morgan fingerprint density at radius 2 is 2.08 bits per heavy atom. The Morgan fingerprint density at radius 3 is 2.80 bits per heavy atom. The molecule has 1 fully saturated rings. The fraction of sp³-hybridized carbons (Fsp3) is 0.611. The first-order valence-corrected chi connectivity index (χ1v) is 10.3. The molecule has 6 nitrogen and oxygen atoms in total. The quantitative estimate of drug-likeness (QED) is 0.677. The Kier molecular flexibility index (Phi) is 7.87. The van der Waals surface area contributed by atoms with Crippen LogP contribution in [0.1, 0.15) is 32.1 Å². The second-order valence-corrected chi connectivity index (χ2v) is 8.36. The Balaban J connectivity index is 1.82. The summed E-state index contributed by atoms with van der Waals surface area (Å²) in [6, 6.07) is 8.55. The number of nitrogens with one attached hydrogen (secondary N) is 1. The zero-order valence-corrected chi connectivity index (χ0v) is 15.6. The lowest BCUT2D eigenvalue weighted by Crippen LogP contribution is -2.40. The van der Waals surface area contributed by atoms with Crippen LogP contribution in [0.15, 0.2) is 35.2 Å². The number of piperidine rings is 1. The van der Waals surface area contributed by atoms with Crippen molar-refractivity contribution < 1.29 is 17.9 Å². The summed E-state index contributed by atoms with van der Waals surface area (Å²) in [5.41, 5.74) is 0. The first kappa shape index (κ1) is 19.9. The van der Waals surface area contributed by atoms with Gasteiger partial charge in [0, 0.05) is 39.8 Å². The number of nitrogens with zero attached hydrogens (tertiary/aromatic N) is 1. The van der Waals surface area contributed by atoms with Gasteiger partial charge in [-0.1, -0.05) is 18.2 Å². The van der Waals surface area contributed by atoms with Crippen molar-refractivity contribution in [3.05, 3.63) is 30.3 Å². The predicted molar refractivity (Wildman–Crippen MR) is 96.7 cm³/mol. The van der Waals surface area contributed by atoms with Crippen LogP contribution in [-0.2, 0) is 19.6 Å². The third-order valence-corrected chi connectivity index (χ3v) is 6.37. The van der Waals surface area contributed by atoms with Gasteiger partial charge >= 0.3 is 0 Å². The number of amides is 1. The maximum Gasteiger partial charge on any atom is 0.243 e. The van der Waals surface area contributed by atoms with E-state index in [1.807, 2.05) is 6.07 Å². The van der Waals surface area contributed by atoms with Gasteiger partial charge in [0.2, 0.25) is 15.9 Å². The van der Waals surface area contributed by atoms with Crippen molar-refractivity contribution in [2.24, 2.45) is 5.92 Å². The SMILES string of the molecule is COCCCNC(=O)CCC1CCCN(S(=O)(=O)c2ccccc2)C1. The van der Waals surface area contributed by atoms with E-state index in [1.165, 1.54) is 0 Å². The van der Waals surface area contributed by atoms with E-state index < -0.39 is 10.0 Å². The van der Waals surface area contributed by atoms with Gasteiger partial charge in [-0.25, -0.2) is 8.42 Å². The topological polar surface area (TPSA) is 75.7 Å². The molecule has 1 aromatic carbocycles. The van der Waals surface area contributed by atoms with Crippen LogP contribution in [0.25, 0.3) is 0 Å². The van der Waals surface area contributed by atoms with Crippen molar-refractivity contribution in [2.45, 2.75) is 37.0 Å². The third kappa shape index (κ3) is 6.09. The number of carbonyl (C=O) groups excluding carboxylic acids is 1. The molecule has 2 rings (SSSR count). The number of hydrogen-bond donors (Lipinski definition) is 1. The standard InChI is InChI=1S/C18H28N2O4S/c1-24-14-6-12-19-18(21)11-10-16-7-5-13-20(15-16)25(22,23)17-8-3-2-4-9-17/h2-4,8-9,16H,5-7,10-15H2,1H3,(H,19,21). The molecule has 1 aliphatic rings. The molecule has 0 aromatic heterocycles. The molecule has 1 aromatic rings. The van der Waals surface area contributed by atoms with Gasteiger partial charge in [0.05, 0.1) is 4.90 Å². The van der Waals surface area contributed by atoms with E-state index in [1.54, 1.807) is 35.7 Å². The molecule has 0 aliphatic carbocycles. The predicted octanol–water partition coefficient (Wildman–Crippen LogP) is 2.02. The summed E-state index contributed by atoms with van der Waals surface area (Å²) >= 11 is 0. The van der Waals surface area contributed by atoms with E-state index in [4.69, 9.17) is 4.74 Å². The highest BCUT2D eigenvalue weighted by Gasteiger charge is 2.30. The Morgan fingerprint density at radius 1 is 1.32 bits per heavy atom. The van der Waals surface area contributed by atoms with Gasteiger partial charge in [-0.2, -0.15) is 4.31 Å². The number of hydrogen-bond acceptors (Lipinski definition) is 4. The highest BCUT2D eigenvalue weighted by Crippen LogP contribution is 2.26.